The number of carbonyl (C=O) groups excluding carboxylic acids is 2. The minimum absolute atomic E-state index is 0.206. The van der Waals surface area contributed by atoms with Gasteiger partial charge in [0.25, 0.3) is 5.24 Å². The summed E-state index contributed by atoms with van der Waals surface area (Å²) in [4.78, 5) is 25.9. The molecule has 1 aromatic rings. The van der Waals surface area contributed by atoms with Gasteiger partial charge in [-0.2, -0.15) is 0 Å². The van der Waals surface area contributed by atoms with E-state index >= 15 is 0 Å². The molecule has 0 bridgehead atoms. The van der Waals surface area contributed by atoms with Crippen LogP contribution in [-0.4, -0.2) is 28.8 Å². The van der Waals surface area contributed by atoms with Gasteiger partial charge in [-0.3, -0.25) is 9.78 Å². The first kappa shape index (κ1) is 11.7. The number of thioether (sulfide) groups is 1. The molecule has 0 spiro atoms. The van der Waals surface area contributed by atoms with Gasteiger partial charge in [0.15, 0.2) is 0 Å². The van der Waals surface area contributed by atoms with Gasteiger partial charge in [0.2, 0.25) is 0 Å². The maximum Gasteiger partial charge on any atom is 0.279 e. The SMILES string of the molecule is CNC(=O)SC(C=O)Cc1ccccn1. The molecule has 0 saturated heterocycles. The zero-order chi connectivity index (χ0) is 11.1. The maximum absolute atomic E-state index is 11.0. The molecule has 0 fully saturated rings. The average molecular weight is 224 g/mol. The molecule has 1 unspecified atom stereocenters. The van der Waals surface area contributed by atoms with Crippen LogP contribution >= 0.6 is 11.8 Å². The monoisotopic (exact) mass is 224 g/mol. The van der Waals surface area contributed by atoms with Gasteiger partial charge < -0.3 is 10.1 Å². The molecule has 0 aromatic carbocycles. The molecule has 15 heavy (non-hydrogen) atoms. The second kappa shape index (κ2) is 6.19. The summed E-state index contributed by atoms with van der Waals surface area (Å²) in [5, 5.41) is 1.88. The third kappa shape index (κ3) is 4.12. The lowest BCUT2D eigenvalue weighted by Crippen LogP contribution is -2.19. The summed E-state index contributed by atoms with van der Waals surface area (Å²) in [6.45, 7) is 0. The molecule has 1 rings (SSSR count). The Morgan fingerprint density at radius 1 is 1.67 bits per heavy atom. The van der Waals surface area contributed by atoms with Gasteiger partial charge in [-0.05, 0) is 12.1 Å². The third-order valence-corrected chi connectivity index (χ3v) is 2.75. The van der Waals surface area contributed by atoms with Crippen LogP contribution in [0, 0.1) is 0 Å². The van der Waals surface area contributed by atoms with Crippen molar-refractivity contribution in [2.24, 2.45) is 0 Å². The van der Waals surface area contributed by atoms with Crippen LogP contribution in [-0.2, 0) is 11.2 Å². The lowest BCUT2D eigenvalue weighted by molar-refractivity contribution is -0.107. The zero-order valence-corrected chi connectivity index (χ0v) is 9.16. The molecule has 80 valence electrons. The summed E-state index contributed by atoms with van der Waals surface area (Å²) in [6, 6.07) is 5.50. The largest absolute Gasteiger partial charge is 0.350 e. The first-order chi connectivity index (χ1) is 7.26. The highest BCUT2D eigenvalue weighted by Gasteiger charge is 2.13. The molecule has 5 heteroatoms. The summed E-state index contributed by atoms with van der Waals surface area (Å²) in [7, 11) is 1.54. The van der Waals surface area contributed by atoms with Crippen LogP contribution < -0.4 is 5.32 Å². The first-order valence-corrected chi connectivity index (χ1v) is 5.37. The number of aromatic nitrogens is 1. The molecule has 0 radical (unpaired) electrons. The van der Waals surface area contributed by atoms with Crippen molar-refractivity contribution in [3.05, 3.63) is 30.1 Å². The van der Waals surface area contributed by atoms with E-state index in [1.54, 1.807) is 6.20 Å². The van der Waals surface area contributed by atoms with E-state index in [9.17, 15) is 9.59 Å². The van der Waals surface area contributed by atoms with Crippen molar-refractivity contribution in [3.63, 3.8) is 0 Å². The van der Waals surface area contributed by atoms with Crippen molar-refractivity contribution in [1.82, 2.24) is 10.3 Å². The van der Waals surface area contributed by atoms with E-state index < -0.39 is 0 Å². The van der Waals surface area contributed by atoms with Crippen LogP contribution in [0.15, 0.2) is 24.4 Å². The van der Waals surface area contributed by atoms with Crippen molar-refractivity contribution in [1.29, 1.82) is 0 Å². The van der Waals surface area contributed by atoms with Crippen LogP contribution in [0.4, 0.5) is 4.79 Å². The highest BCUT2D eigenvalue weighted by atomic mass is 32.2. The van der Waals surface area contributed by atoms with Gasteiger partial charge in [-0.25, -0.2) is 0 Å². The average Bonchev–Trinajstić information content (AvgIpc) is 2.29. The fourth-order valence-corrected chi connectivity index (χ4v) is 1.74. The van der Waals surface area contributed by atoms with Crippen molar-refractivity contribution in [2.45, 2.75) is 11.7 Å². The summed E-state index contributed by atoms with van der Waals surface area (Å²) < 4.78 is 0. The number of pyridine rings is 1. The molecule has 0 aliphatic rings. The molecule has 1 heterocycles. The van der Waals surface area contributed by atoms with Crippen LogP contribution in [0.3, 0.4) is 0 Å². The summed E-state index contributed by atoms with van der Waals surface area (Å²) in [5.74, 6) is 0. The number of amides is 1. The molecule has 4 nitrogen and oxygen atoms in total. The molecule has 1 amide bonds. The van der Waals surface area contributed by atoms with Crippen LogP contribution in [0.2, 0.25) is 0 Å². The topological polar surface area (TPSA) is 59.1 Å². The number of carbonyl (C=O) groups is 2. The summed E-state index contributed by atoms with van der Waals surface area (Å²) in [6.07, 6.45) is 2.92. The molecule has 1 atom stereocenters. The normalized spacial score (nSPS) is 11.8. The van der Waals surface area contributed by atoms with E-state index in [1.165, 1.54) is 7.05 Å². The minimum atomic E-state index is -0.375. The number of aldehydes is 1. The number of hydrogen-bond donors (Lipinski definition) is 1. The van der Waals surface area contributed by atoms with Gasteiger partial charge >= 0.3 is 0 Å². The van der Waals surface area contributed by atoms with E-state index in [2.05, 4.69) is 10.3 Å². The van der Waals surface area contributed by atoms with E-state index in [4.69, 9.17) is 0 Å². The summed E-state index contributed by atoms with van der Waals surface area (Å²) >= 11 is 0.981. The van der Waals surface area contributed by atoms with Gasteiger partial charge in [0, 0.05) is 25.4 Å². The molecular weight excluding hydrogens is 212 g/mol. The second-order valence-corrected chi connectivity index (χ2v) is 4.07. The predicted molar refractivity (Wildman–Crippen MR) is 59.8 cm³/mol. The predicted octanol–water partition coefficient (Wildman–Crippen LogP) is 1.26. The van der Waals surface area contributed by atoms with Crippen molar-refractivity contribution >= 4 is 23.3 Å². The highest BCUT2D eigenvalue weighted by molar-refractivity contribution is 8.14. The number of hydrogen-bond acceptors (Lipinski definition) is 4. The number of nitrogens with one attached hydrogen (secondary N) is 1. The minimum Gasteiger partial charge on any atom is -0.350 e. The Hall–Kier alpha value is -1.36. The Kier molecular flexibility index (Phi) is 4.83. The van der Waals surface area contributed by atoms with E-state index in [0.29, 0.717) is 6.42 Å². The lowest BCUT2D eigenvalue weighted by atomic mass is 10.2. The molecular formula is C10H12N2O2S. The fourth-order valence-electron chi connectivity index (χ4n) is 1.04. The number of rotatable bonds is 4. The Morgan fingerprint density at radius 3 is 3.00 bits per heavy atom. The standard InChI is InChI=1S/C10H12N2O2S/c1-11-10(14)15-9(7-13)6-8-4-2-3-5-12-8/h2-5,7,9H,6H2,1H3,(H,11,14). The molecule has 0 aliphatic heterocycles. The third-order valence-electron chi connectivity index (χ3n) is 1.75. The fraction of sp³-hybridized carbons (Fsp3) is 0.300. The molecule has 1 aromatic heterocycles. The first-order valence-electron chi connectivity index (χ1n) is 4.50. The van der Waals surface area contributed by atoms with Gasteiger partial charge in [0.1, 0.15) is 6.29 Å². The Morgan fingerprint density at radius 2 is 2.47 bits per heavy atom. The molecule has 0 saturated carbocycles. The Balaban J connectivity index is 2.54. The van der Waals surface area contributed by atoms with Gasteiger partial charge in [0.05, 0.1) is 5.25 Å². The van der Waals surface area contributed by atoms with Gasteiger partial charge in [-0.15, -0.1) is 0 Å². The van der Waals surface area contributed by atoms with Crippen LogP contribution in [0.5, 0.6) is 0 Å². The lowest BCUT2D eigenvalue weighted by Gasteiger charge is -2.07. The maximum atomic E-state index is 11.0. The van der Waals surface area contributed by atoms with Crippen LogP contribution in [0.25, 0.3) is 0 Å². The smallest absolute Gasteiger partial charge is 0.279 e. The number of nitrogens with zero attached hydrogens (tertiary/aromatic N) is 1. The zero-order valence-electron chi connectivity index (χ0n) is 8.34. The van der Waals surface area contributed by atoms with Gasteiger partial charge in [-0.1, -0.05) is 17.8 Å². The molecule has 0 aliphatic carbocycles. The van der Waals surface area contributed by atoms with E-state index in [1.807, 2.05) is 18.2 Å². The Bertz CT molecular complexity index is 329. The summed E-state index contributed by atoms with van der Waals surface area (Å²) in [5.41, 5.74) is 0.811. The second-order valence-electron chi connectivity index (χ2n) is 2.86. The Labute approximate surface area is 92.5 Å². The quantitative estimate of drug-likeness (QED) is 0.782. The molecule has 1 N–H and O–H groups in total. The van der Waals surface area contributed by atoms with Crippen molar-refractivity contribution in [3.8, 4) is 0 Å². The van der Waals surface area contributed by atoms with Crippen molar-refractivity contribution < 1.29 is 9.59 Å². The van der Waals surface area contributed by atoms with E-state index in [0.717, 1.165) is 23.7 Å². The van der Waals surface area contributed by atoms with Crippen molar-refractivity contribution in [2.75, 3.05) is 7.05 Å². The highest BCUT2D eigenvalue weighted by Crippen LogP contribution is 2.13. The van der Waals surface area contributed by atoms with Crippen LogP contribution in [0.1, 0.15) is 5.69 Å². The van der Waals surface area contributed by atoms with E-state index in [-0.39, 0.29) is 10.5 Å².